The van der Waals surface area contributed by atoms with E-state index in [0.717, 1.165) is 0 Å². The van der Waals surface area contributed by atoms with E-state index < -0.39 is 35.3 Å². The van der Waals surface area contributed by atoms with Crippen LogP contribution in [0.3, 0.4) is 0 Å². The summed E-state index contributed by atoms with van der Waals surface area (Å²) in [7, 11) is 1.27. The zero-order valence-corrected chi connectivity index (χ0v) is 19.4. The lowest BCUT2D eigenvalue weighted by Crippen LogP contribution is -2.38. The molecule has 0 saturated heterocycles. The number of benzene rings is 2. The van der Waals surface area contributed by atoms with E-state index in [2.05, 4.69) is 10.6 Å². The van der Waals surface area contributed by atoms with E-state index in [1.807, 2.05) is 13.8 Å². The molecule has 0 bridgehead atoms. The summed E-state index contributed by atoms with van der Waals surface area (Å²) >= 11 is 5.87. The molecule has 0 aliphatic rings. The van der Waals surface area contributed by atoms with Gasteiger partial charge in [0.1, 0.15) is 11.3 Å². The molecule has 1 atom stereocenters. The Morgan fingerprint density at radius 2 is 1.79 bits per heavy atom. The van der Waals surface area contributed by atoms with Gasteiger partial charge in [-0.3, -0.25) is 10.2 Å². The van der Waals surface area contributed by atoms with E-state index in [4.69, 9.17) is 26.9 Å². The van der Waals surface area contributed by atoms with Crippen molar-refractivity contribution in [2.75, 3.05) is 7.05 Å². The Morgan fingerprint density at radius 1 is 1.18 bits per heavy atom. The Kier molecular flexibility index (Phi) is 10.9. The fourth-order valence-electron chi connectivity index (χ4n) is 2.61. The monoisotopic (exact) mass is 485 g/mol. The number of hydrogen-bond acceptors (Lipinski definition) is 5. The van der Waals surface area contributed by atoms with Gasteiger partial charge in [0.15, 0.2) is 5.71 Å². The molecule has 10 heteroatoms. The van der Waals surface area contributed by atoms with Crippen LogP contribution in [0.4, 0.5) is 13.2 Å². The molecule has 0 saturated carbocycles. The van der Waals surface area contributed by atoms with Crippen LogP contribution >= 0.6 is 11.6 Å². The van der Waals surface area contributed by atoms with Crippen molar-refractivity contribution in [1.82, 2.24) is 10.6 Å². The van der Waals surface area contributed by atoms with Crippen LogP contribution in [-0.4, -0.2) is 29.9 Å². The van der Waals surface area contributed by atoms with Crippen LogP contribution < -0.4 is 15.4 Å². The standard InChI is InChI=1S/C21H21ClF3N3O3.C2H6/c1-12(14-8-6-13(11-29)7-9-14)28-19(30)17(18(26)21(23,24)25)20(27-2)31-16-5-3-4-15(22)10-16;1-2/h3-10,12,26-27,29H,11H2,1-2H3,(H,28,30);1-2H3/b20-17-,26-18?;/t12-;/m0./s1. The minimum Gasteiger partial charge on any atom is -0.440 e. The molecule has 2 aromatic carbocycles. The Hall–Kier alpha value is -3.04. The van der Waals surface area contributed by atoms with E-state index in [-0.39, 0.29) is 17.4 Å². The second kappa shape index (κ2) is 12.9. The molecule has 0 unspecified atom stereocenters. The topological polar surface area (TPSA) is 94.4 Å². The number of aliphatic hydroxyl groups is 1. The molecular weight excluding hydrogens is 459 g/mol. The predicted octanol–water partition coefficient (Wildman–Crippen LogP) is 5.13. The van der Waals surface area contributed by atoms with E-state index in [9.17, 15) is 18.0 Å². The SMILES string of the molecule is CC.CN/C(Oc1cccc(Cl)c1)=C(\C(=N)C(F)(F)F)C(=O)N[C@@H](C)c1ccc(CO)cc1. The van der Waals surface area contributed by atoms with Crippen molar-refractivity contribution in [2.24, 2.45) is 0 Å². The lowest BCUT2D eigenvalue weighted by molar-refractivity contribution is -0.118. The van der Waals surface area contributed by atoms with Crippen molar-refractivity contribution < 1.29 is 27.8 Å². The average Bonchev–Trinajstić information content (AvgIpc) is 2.79. The van der Waals surface area contributed by atoms with Gasteiger partial charge in [0, 0.05) is 12.1 Å². The molecule has 0 aromatic heterocycles. The molecule has 33 heavy (non-hydrogen) atoms. The summed E-state index contributed by atoms with van der Waals surface area (Å²) in [6.07, 6.45) is -5.08. The fourth-order valence-corrected chi connectivity index (χ4v) is 2.79. The third-order valence-corrected chi connectivity index (χ3v) is 4.48. The number of hydrogen-bond donors (Lipinski definition) is 4. The van der Waals surface area contributed by atoms with Crippen LogP contribution in [0.15, 0.2) is 60.0 Å². The van der Waals surface area contributed by atoms with Crippen LogP contribution in [0.5, 0.6) is 5.75 Å². The summed E-state index contributed by atoms with van der Waals surface area (Å²) < 4.78 is 45.4. The molecule has 6 nitrogen and oxygen atoms in total. The highest BCUT2D eigenvalue weighted by atomic mass is 35.5. The first-order valence-corrected chi connectivity index (χ1v) is 10.5. The largest absolute Gasteiger partial charge is 0.440 e. The first kappa shape index (κ1) is 28.0. The Bertz CT molecular complexity index is 977. The molecule has 2 rings (SSSR count). The van der Waals surface area contributed by atoms with Gasteiger partial charge in [-0.05, 0) is 36.2 Å². The van der Waals surface area contributed by atoms with E-state index in [1.54, 1.807) is 37.3 Å². The minimum atomic E-state index is -5.08. The normalized spacial score (nSPS) is 12.5. The molecule has 0 heterocycles. The number of rotatable bonds is 8. The molecule has 0 aliphatic carbocycles. The second-order valence-corrected chi connectivity index (χ2v) is 6.92. The third kappa shape index (κ3) is 8.11. The van der Waals surface area contributed by atoms with E-state index in [1.165, 1.54) is 25.2 Å². The first-order valence-electron chi connectivity index (χ1n) is 10.1. The number of amides is 1. The minimum absolute atomic E-state index is 0.0877. The van der Waals surface area contributed by atoms with E-state index >= 15 is 0 Å². The van der Waals surface area contributed by atoms with Crippen LogP contribution in [0.1, 0.15) is 37.9 Å². The molecule has 0 aliphatic heterocycles. The first-order chi connectivity index (χ1) is 15.6. The fraction of sp³-hybridized carbons (Fsp3) is 0.304. The molecule has 1 amide bonds. The van der Waals surface area contributed by atoms with Crippen molar-refractivity contribution in [2.45, 2.75) is 39.6 Å². The highest BCUT2D eigenvalue weighted by Crippen LogP contribution is 2.26. The Morgan fingerprint density at radius 3 is 2.27 bits per heavy atom. The summed E-state index contributed by atoms with van der Waals surface area (Å²) in [5.41, 5.74) is -1.62. The number of aliphatic hydroxyl groups excluding tert-OH is 1. The van der Waals surface area contributed by atoms with Gasteiger partial charge in [0.05, 0.1) is 12.6 Å². The summed E-state index contributed by atoms with van der Waals surface area (Å²) in [4.78, 5) is 12.8. The molecule has 0 fully saturated rings. The van der Waals surface area contributed by atoms with Crippen LogP contribution in [0.2, 0.25) is 5.02 Å². The van der Waals surface area contributed by atoms with Gasteiger partial charge in [-0.2, -0.15) is 13.2 Å². The molecule has 4 N–H and O–H groups in total. The second-order valence-electron chi connectivity index (χ2n) is 6.48. The zero-order chi connectivity index (χ0) is 25.2. The highest BCUT2D eigenvalue weighted by molar-refractivity contribution is 6.30. The quantitative estimate of drug-likeness (QED) is 0.237. The highest BCUT2D eigenvalue weighted by Gasteiger charge is 2.41. The Balaban J connectivity index is 0.00000265. The average molecular weight is 486 g/mol. The summed E-state index contributed by atoms with van der Waals surface area (Å²) in [5, 5.41) is 21.8. The zero-order valence-electron chi connectivity index (χ0n) is 18.7. The summed E-state index contributed by atoms with van der Waals surface area (Å²) in [6, 6.07) is 11.7. The smallest absolute Gasteiger partial charge is 0.433 e. The molecule has 0 spiro atoms. The number of nitrogens with one attached hydrogen (secondary N) is 3. The number of carbonyl (C=O) groups excluding carboxylic acids is 1. The number of halogens is 4. The van der Waals surface area contributed by atoms with Crippen molar-refractivity contribution in [1.29, 1.82) is 5.41 Å². The molecule has 2 aromatic rings. The lowest BCUT2D eigenvalue weighted by Gasteiger charge is -2.20. The van der Waals surface area contributed by atoms with Gasteiger partial charge >= 0.3 is 6.18 Å². The van der Waals surface area contributed by atoms with Crippen LogP contribution in [0.25, 0.3) is 0 Å². The number of alkyl halides is 3. The predicted molar refractivity (Wildman–Crippen MR) is 122 cm³/mol. The number of ether oxygens (including phenoxy) is 1. The van der Waals surface area contributed by atoms with E-state index in [0.29, 0.717) is 11.1 Å². The van der Waals surface area contributed by atoms with Gasteiger partial charge in [-0.15, -0.1) is 0 Å². The van der Waals surface area contributed by atoms with Crippen LogP contribution in [0, 0.1) is 5.41 Å². The van der Waals surface area contributed by atoms with Gasteiger partial charge in [0.2, 0.25) is 5.88 Å². The summed E-state index contributed by atoms with van der Waals surface area (Å²) in [6.45, 7) is 5.42. The molecule has 0 radical (unpaired) electrons. The van der Waals surface area contributed by atoms with Gasteiger partial charge < -0.3 is 20.5 Å². The van der Waals surface area contributed by atoms with Crippen molar-refractivity contribution in [3.05, 3.63) is 76.1 Å². The number of carbonyl (C=O) groups is 1. The maximum Gasteiger partial charge on any atom is 0.433 e. The van der Waals surface area contributed by atoms with Gasteiger partial charge in [-0.1, -0.05) is 55.8 Å². The molecule has 180 valence electrons. The Labute approximate surface area is 195 Å². The van der Waals surface area contributed by atoms with Crippen molar-refractivity contribution in [3.63, 3.8) is 0 Å². The van der Waals surface area contributed by atoms with Gasteiger partial charge in [-0.25, -0.2) is 0 Å². The maximum atomic E-state index is 13.3. The van der Waals surface area contributed by atoms with Crippen LogP contribution in [-0.2, 0) is 11.4 Å². The van der Waals surface area contributed by atoms with Crippen molar-refractivity contribution >= 4 is 23.2 Å². The summed E-state index contributed by atoms with van der Waals surface area (Å²) in [5.74, 6) is -1.61. The third-order valence-electron chi connectivity index (χ3n) is 4.24. The van der Waals surface area contributed by atoms with Crippen molar-refractivity contribution in [3.8, 4) is 5.75 Å². The lowest BCUT2D eigenvalue weighted by atomic mass is 10.0. The molecular formula is C23H27ClF3N3O3. The maximum absolute atomic E-state index is 13.3. The van der Waals surface area contributed by atoms with Gasteiger partial charge in [0.25, 0.3) is 5.91 Å².